The molecule has 2 aromatic rings. The van der Waals surface area contributed by atoms with Crippen LogP contribution in [0.15, 0.2) is 36.0 Å². The van der Waals surface area contributed by atoms with Gasteiger partial charge in [-0.2, -0.15) is 0 Å². The van der Waals surface area contributed by atoms with Gasteiger partial charge in [0.2, 0.25) is 0 Å². The lowest BCUT2D eigenvalue weighted by Gasteiger charge is -2.22. The van der Waals surface area contributed by atoms with Crippen LogP contribution in [-0.4, -0.2) is 47.5 Å². The average Bonchev–Trinajstić information content (AvgIpc) is 3.28. The van der Waals surface area contributed by atoms with Gasteiger partial charge in [-0.3, -0.25) is 4.98 Å². The third-order valence-corrected chi connectivity index (χ3v) is 5.55. The van der Waals surface area contributed by atoms with E-state index in [1.54, 1.807) is 11.3 Å². The third kappa shape index (κ3) is 5.51. The maximum atomic E-state index is 12.0. The molecule has 1 aliphatic rings. The second-order valence-electron chi connectivity index (χ2n) is 7.33. The Balaban J connectivity index is 1.56. The molecule has 1 unspecified atom stereocenters. The minimum absolute atomic E-state index is 0.106. The molecule has 6 nitrogen and oxygen atoms in total. The van der Waals surface area contributed by atoms with Gasteiger partial charge in [-0.25, -0.2) is 4.79 Å². The van der Waals surface area contributed by atoms with Gasteiger partial charge >= 0.3 is 6.09 Å². The zero-order valence-corrected chi connectivity index (χ0v) is 16.5. The molecule has 1 aliphatic heterocycles. The van der Waals surface area contributed by atoms with E-state index in [0.29, 0.717) is 25.4 Å². The highest BCUT2D eigenvalue weighted by atomic mass is 32.1. The van der Waals surface area contributed by atoms with Crippen molar-refractivity contribution < 1.29 is 14.6 Å². The average molecular weight is 390 g/mol. The molecule has 0 bridgehead atoms. The molecule has 0 saturated carbocycles. The van der Waals surface area contributed by atoms with E-state index in [0.717, 1.165) is 22.4 Å². The number of nitrogens with one attached hydrogen (secondary N) is 2. The monoisotopic (exact) mass is 389 g/mol. The molecule has 1 saturated heterocycles. The highest BCUT2D eigenvalue weighted by molar-refractivity contribution is 7.13. The van der Waals surface area contributed by atoms with Gasteiger partial charge in [0.1, 0.15) is 12.2 Å². The van der Waals surface area contributed by atoms with Gasteiger partial charge in [0.25, 0.3) is 0 Å². The number of ether oxygens (including phenoxy) is 1. The summed E-state index contributed by atoms with van der Waals surface area (Å²) in [5.41, 5.74) is 4.09. The number of hydrogen-bond donors (Lipinski definition) is 3. The van der Waals surface area contributed by atoms with Crippen LogP contribution >= 0.6 is 11.3 Å². The smallest absolute Gasteiger partial charge is 0.407 e. The standard InChI is InChI=1S/C20H27N3O3S/c1-13(2)7-8-22-20(25)26-19-16(23-10-17(19)24)9-14-3-5-15(6-4-14)18-11-21-12-27-18/h3-6,11-13,16-17,19,23-24H,7-10H2,1-2H3,(H,22,25)/t16-,17?,19+/m1/s1. The lowest BCUT2D eigenvalue weighted by atomic mass is 10.0. The normalized spacial score (nSPS) is 22.1. The van der Waals surface area contributed by atoms with Crippen molar-refractivity contribution in [3.8, 4) is 10.4 Å². The Labute approximate surface area is 164 Å². The predicted molar refractivity (Wildman–Crippen MR) is 107 cm³/mol. The summed E-state index contributed by atoms with van der Waals surface area (Å²) in [6.45, 7) is 5.21. The van der Waals surface area contributed by atoms with E-state index in [2.05, 4.69) is 53.7 Å². The fourth-order valence-corrected chi connectivity index (χ4v) is 3.80. The summed E-state index contributed by atoms with van der Waals surface area (Å²) in [7, 11) is 0. The topological polar surface area (TPSA) is 83.5 Å². The number of aliphatic hydroxyl groups is 1. The Morgan fingerprint density at radius 1 is 1.41 bits per heavy atom. The van der Waals surface area contributed by atoms with Crippen molar-refractivity contribution in [3.63, 3.8) is 0 Å². The number of carbonyl (C=O) groups excluding carboxylic acids is 1. The van der Waals surface area contributed by atoms with Crippen LogP contribution in [0.1, 0.15) is 25.8 Å². The van der Waals surface area contributed by atoms with Crippen LogP contribution in [0, 0.1) is 5.92 Å². The van der Waals surface area contributed by atoms with Crippen LogP contribution in [0.5, 0.6) is 0 Å². The maximum absolute atomic E-state index is 12.0. The molecular weight excluding hydrogens is 362 g/mol. The molecule has 1 aromatic carbocycles. The summed E-state index contributed by atoms with van der Waals surface area (Å²) < 4.78 is 5.50. The number of hydrogen-bond acceptors (Lipinski definition) is 6. The van der Waals surface area contributed by atoms with Crippen LogP contribution in [0.25, 0.3) is 10.4 Å². The third-order valence-electron chi connectivity index (χ3n) is 4.73. The van der Waals surface area contributed by atoms with Crippen molar-refractivity contribution in [2.75, 3.05) is 13.1 Å². The number of thiazole rings is 1. The number of nitrogens with zero attached hydrogens (tertiary/aromatic N) is 1. The summed E-state index contributed by atoms with van der Waals surface area (Å²) >= 11 is 1.61. The Morgan fingerprint density at radius 2 is 2.19 bits per heavy atom. The largest absolute Gasteiger partial charge is 0.442 e. The lowest BCUT2D eigenvalue weighted by molar-refractivity contribution is 0.0189. The molecule has 1 aromatic heterocycles. The van der Waals surface area contributed by atoms with Crippen LogP contribution in [0.3, 0.4) is 0 Å². The molecule has 0 spiro atoms. The van der Waals surface area contributed by atoms with Gasteiger partial charge in [-0.05, 0) is 29.9 Å². The minimum atomic E-state index is -0.692. The number of carbonyl (C=O) groups is 1. The van der Waals surface area contributed by atoms with Gasteiger partial charge in [0, 0.05) is 19.3 Å². The van der Waals surface area contributed by atoms with Gasteiger partial charge in [-0.15, -0.1) is 11.3 Å². The van der Waals surface area contributed by atoms with E-state index in [1.807, 2.05) is 11.7 Å². The second-order valence-corrected chi connectivity index (χ2v) is 8.21. The quantitative estimate of drug-likeness (QED) is 0.678. The molecule has 1 fully saturated rings. The number of aliphatic hydroxyl groups excluding tert-OH is 1. The molecule has 3 rings (SSSR count). The van der Waals surface area contributed by atoms with Gasteiger partial charge in [0.15, 0.2) is 0 Å². The molecule has 3 atom stereocenters. The zero-order valence-electron chi connectivity index (χ0n) is 15.7. The Bertz CT molecular complexity index is 719. The van der Waals surface area contributed by atoms with E-state index >= 15 is 0 Å². The SMILES string of the molecule is CC(C)CCNC(=O)O[C@@H]1C(O)CN[C@@H]1Cc1ccc(-c2cncs2)cc1. The van der Waals surface area contributed by atoms with Crippen molar-refractivity contribution in [3.05, 3.63) is 41.5 Å². The van der Waals surface area contributed by atoms with E-state index in [9.17, 15) is 9.90 Å². The van der Waals surface area contributed by atoms with Crippen LogP contribution < -0.4 is 10.6 Å². The van der Waals surface area contributed by atoms with E-state index in [4.69, 9.17) is 4.74 Å². The number of rotatable bonds is 7. The summed E-state index contributed by atoms with van der Waals surface area (Å²) in [6, 6.07) is 8.18. The zero-order chi connectivity index (χ0) is 19.2. The summed E-state index contributed by atoms with van der Waals surface area (Å²) in [4.78, 5) is 17.3. The number of β-amino-alcohol motifs (C(OH)–C–C–N with tert-alkyl or cyclic N) is 1. The number of amides is 1. The molecule has 7 heteroatoms. The van der Waals surface area contributed by atoms with Crippen molar-refractivity contribution in [2.45, 2.75) is 44.9 Å². The van der Waals surface area contributed by atoms with Crippen molar-refractivity contribution in [2.24, 2.45) is 5.92 Å². The first-order valence-corrected chi connectivity index (χ1v) is 10.2. The van der Waals surface area contributed by atoms with Crippen LogP contribution in [-0.2, 0) is 11.2 Å². The number of benzene rings is 1. The molecular formula is C20H27N3O3S. The highest BCUT2D eigenvalue weighted by Gasteiger charge is 2.37. The Morgan fingerprint density at radius 3 is 2.85 bits per heavy atom. The Hall–Kier alpha value is -1.96. The van der Waals surface area contributed by atoms with Gasteiger partial charge in [-0.1, -0.05) is 38.1 Å². The predicted octanol–water partition coefficient (Wildman–Crippen LogP) is 2.83. The van der Waals surface area contributed by atoms with E-state index in [-0.39, 0.29) is 6.04 Å². The summed E-state index contributed by atoms with van der Waals surface area (Å²) in [5.74, 6) is 0.518. The number of alkyl carbamates (subject to hydrolysis) is 1. The Kier molecular flexibility index (Phi) is 6.82. The first-order valence-electron chi connectivity index (χ1n) is 9.36. The summed E-state index contributed by atoms with van der Waals surface area (Å²) in [6.07, 6.45) is 1.73. The van der Waals surface area contributed by atoms with E-state index in [1.165, 1.54) is 0 Å². The fraction of sp³-hybridized carbons (Fsp3) is 0.500. The first-order chi connectivity index (χ1) is 13.0. The molecule has 27 heavy (non-hydrogen) atoms. The van der Waals surface area contributed by atoms with Crippen LogP contribution in [0.4, 0.5) is 4.79 Å². The fourth-order valence-electron chi connectivity index (χ4n) is 3.17. The molecule has 2 heterocycles. The van der Waals surface area contributed by atoms with Crippen molar-refractivity contribution in [1.29, 1.82) is 0 Å². The molecule has 3 N–H and O–H groups in total. The van der Waals surface area contributed by atoms with Crippen LogP contribution in [0.2, 0.25) is 0 Å². The van der Waals surface area contributed by atoms with Gasteiger partial charge < -0.3 is 20.5 Å². The van der Waals surface area contributed by atoms with E-state index < -0.39 is 18.3 Å². The molecule has 146 valence electrons. The van der Waals surface area contributed by atoms with Gasteiger partial charge in [0.05, 0.1) is 16.4 Å². The molecule has 1 amide bonds. The lowest BCUT2D eigenvalue weighted by Crippen LogP contribution is -2.41. The maximum Gasteiger partial charge on any atom is 0.407 e. The highest BCUT2D eigenvalue weighted by Crippen LogP contribution is 2.24. The second kappa shape index (κ2) is 9.30. The first kappa shape index (κ1) is 19.8. The van der Waals surface area contributed by atoms with Crippen molar-refractivity contribution in [1.82, 2.24) is 15.6 Å². The number of aromatic nitrogens is 1. The summed E-state index contributed by atoms with van der Waals surface area (Å²) in [5, 5.41) is 16.2. The minimum Gasteiger partial charge on any atom is -0.442 e. The van der Waals surface area contributed by atoms with Crippen molar-refractivity contribution >= 4 is 17.4 Å². The molecule has 0 aliphatic carbocycles. The molecule has 0 radical (unpaired) electrons.